The molecule has 1 aliphatic heterocycles. The van der Waals surface area contributed by atoms with Crippen molar-refractivity contribution < 1.29 is 14.3 Å². The van der Waals surface area contributed by atoms with Crippen LogP contribution in [0.1, 0.15) is 42.7 Å². The summed E-state index contributed by atoms with van der Waals surface area (Å²) in [5, 5.41) is 2.92. The summed E-state index contributed by atoms with van der Waals surface area (Å²) in [6.07, 6.45) is 0.716. The van der Waals surface area contributed by atoms with Crippen LogP contribution in [-0.4, -0.2) is 24.2 Å². The van der Waals surface area contributed by atoms with E-state index in [0.29, 0.717) is 18.8 Å². The zero-order chi connectivity index (χ0) is 23.2. The number of amides is 2. The highest BCUT2D eigenvalue weighted by Gasteiger charge is 2.34. The van der Waals surface area contributed by atoms with Crippen LogP contribution in [0.4, 0.5) is 11.4 Å². The van der Waals surface area contributed by atoms with Crippen molar-refractivity contribution in [1.82, 2.24) is 0 Å². The van der Waals surface area contributed by atoms with Gasteiger partial charge >= 0.3 is 0 Å². The predicted octanol–water partition coefficient (Wildman–Crippen LogP) is 6.00. The first-order valence-corrected chi connectivity index (χ1v) is 12.3. The number of rotatable bonds is 8. The lowest BCUT2D eigenvalue weighted by Crippen LogP contribution is -2.27. The van der Waals surface area contributed by atoms with E-state index in [0.717, 1.165) is 28.3 Å². The number of carbonyl (C=O) groups is 2. The van der Waals surface area contributed by atoms with Gasteiger partial charge < -0.3 is 10.1 Å². The summed E-state index contributed by atoms with van der Waals surface area (Å²) in [6, 6.07) is 25.2. The molecule has 5 nitrogen and oxygen atoms in total. The molecule has 1 fully saturated rings. The van der Waals surface area contributed by atoms with Gasteiger partial charge in [-0.3, -0.25) is 14.5 Å². The normalized spacial score (nSPS) is 16.5. The molecule has 2 atom stereocenters. The van der Waals surface area contributed by atoms with E-state index >= 15 is 0 Å². The Morgan fingerprint density at radius 3 is 2.52 bits per heavy atom. The minimum atomic E-state index is -0.211. The van der Waals surface area contributed by atoms with Crippen LogP contribution >= 0.6 is 11.8 Å². The maximum absolute atomic E-state index is 13.0. The molecule has 0 aliphatic carbocycles. The van der Waals surface area contributed by atoms with Crippen molar-refractivity contribution >= 4 is 35.0 Å². The summed E-state index contributed by atoms with van der Waals surface area (Å²) < 4.78 is 5.53. The van der Waals surface area contributed by atoms with E-state index in [1.165, 1.54) is 0 Å². The van der Waals surface area contributed by atoms with Gasteiger partial charge in [-0.25, -0.2) is 0 Å². The highest BCUT2D eigenvalue weighted by Crippen LogP contribution is 2.42. The van der Waals surface area contributed by atoms with Gasteiger partial charge in [0.1, 0.15) is 11.1 Å². The smallest absolute Gasteiger partial charge is 0.238 e. The number of carbonyl (C=O) groups excluding carboxylic acids is 2. The number of hydrogen-bond donors (Lipinski definition) is 1. The highest BCUT2D eigenvalue weighted by atomic mass is 32.2. The van der Waals surface area contributed by atoms with Crippen LogP contribution in [0, 0.1) is 0 Å². The molecule has 0 saturated carbocycles. The first kappa shape index (κ1) is 22.9. The van der Waals surface area contributed by atoms with Crippen LogP contribution in [0.3, 0.4) is 0 Å². The maximum Gasteiger partial charge on any atom is 0.238 e. The number of nitrogens with zero attached hydrogens (tertiary/aromatic N) is 1. The van der Waals surface area contributed by atoms with Gasteiger partial charge in [-0.1, -0.05) is 49.4 Å². The minimum absolute atomic E-state index is 0.0284. The SMILES string of the molecule is CCOc1ccc(N2C(=O)CS[C@@H]2c2cccc(NC(=O)[C@H](CC)c3ccccc3)c2)cc1. The fourth-order valence-electron chi connectivity index (χ4n) is 4.08. The Morgan fingerprint density at radius 1 is 1.06 bits per heavy atom. The van der Waals surface area contributed by atoms with E-state index in [4.69, 9.17) is 4.74 Å². The molecule has 3 aromatic carbocycles. The van der Waals surface area contributed by atoms with Gasteiger partial charge in [0.05, 0.1) is 18.3 Å². The highest BCUT2D eigenvalue weighted by molar-refractivity contribution is 8.00. The number of benzene rings is 3. The molecule has 0 radical (unpaired) electrons. The molecule has 6 heteroatoms. The number of thioether (sulfide) groups is 1. The summed E-state index contributed by atoms with van der Waals surface area (Å²) in [5.41, 5.74) is 3.55. The third kappa shape index (κ3) is 5.22. The van der Waals surface area contributed by atoms with E-state index in [1.54, 1.807) is 11.8 Å². The van der Waals surface area contributed by atoms with Crippen molar-refractivity contribution in [1.29, 1.82) is 0 Å². The molecule has 1 aliphatic rings. The van der Waals surface area contributed by atoms with Gasteiger partial charge in [-0.15, -0.1) is 11.8 Å². The quantitative estimate of drug-likeness (QED) is 0.448. The summed E-state index contributed by atoms with van der Waals surface area (Å²) in [6.45, 7) is 4.56. The second kappa shape index (κ2) is 10.6. The van der Waals surface area contributed by atoms with Crippen LogP contribution in [0.2, 0.25) is 0 Å². The Balaban J connectivity index is 1.53. The van der Waals surface area contributed by atoms with Crippen molar-refractivity contribution in [3.63, 3.8) is 0 Å². The van der Waals surface area contributed by atoms with Crippen LogP contribution in [0.25, 0.3) is 0 Å². The maximum atomic E-state index is 13.0. The fraction of sp³-hybridized carbons (Fsp3) is 0.259. The number of ether oxygens (including phenoxy) is 1. The van der Waals surface area contributed by atoms with E-state index in [2.05, 4.69) is 5.32 Å². The molecule has 3 aromatic rings. The summed E-state index contributed by atoms with van der Waals surface area (Å²) >= 11 is 1.59. The van der Waals surface area contributed by atoms with E-state index in [-0.39, 0.29) is 23.1 Å². The summed E-state index contributed by atoms with van der Waals surface area (Å²) in [7, 11) is 0. The summed E-state index contributed by atoms with van der Waals surface area (Å²) in [4.78, 5) is 27.5. The van der Waals surface area contributed by atoms with Crippen molar-refractivity contribution in [3.05, 3.63) is 90.0 Å². The minimum Gasteiger partial charge on any atom is -0.494 e. The molecule has 33 heavy (non-hydrogen) atoms. The second-order valence-electron chi connectivity index (χ2n) is 7.84. The molecule has 0 bridgehead atoms. The van der Waals surface area contributed by atoms with Crippen molar-refractivity contribution in [2.45, 2.75) is 31.6 Å². The standard InChI is InChI=1S/C27H28N2O3S/c1-3-24(19-9-6-5-7-10-19)26(31)28-21-12-8-11-20(17-21)27-29(25(30)18-33-27)22-13-15-23(16-14-22)32-4-2/h5-17,24,27H,3-4,18H2,1-2H3,(H,28,31)/t24-,27-/m1/s1. The van der Waals surface area contributed by atoms with E-state index in [1.807, 2.05) is 97.6 Å². The van der Waals surface area contributed by atoms with Crippen LogP contribution in [0.15, 0.2) is 78.9 Å². The number of anilines is 2. The molecule has 1 N–H and O–H groups in total. The van der Waals surface area contributed by atoms with Gasteiger partial charge in [0.2, 0.25) is 11.8 Å². The van der Waals surface area contributed by atoms with Crippen molar-refractivity contribution in [3.8, 4) is 5.75 Å². The second-order valence-corrected chi connectivity index (χ2v) is 8.91. The van der Waals surface area contributed by atoms with Gasteiger partial charge in [0.25, 0.3) is 0 Å². The van der Waals surface area contributed by atoms with Crippen LogP contribution < -0.4 is 15.0 Å². The topological polar surface area (TPSA) is 58.6 Å². The fourth-order valence-corrected chi connectivity index (χ4v) is 5.24. The molecule has 1 heterocycles. The average Bonchev–Trinajstić information content (AvgIpc) is 3.22. The Labute approximate surface area is 199 Å². The lowest BCUT2D eigenvalue weighted by molar-refractivity contribution is -0.118. The van der Waals surface area contributed by atoms with Gasteiger partial charge in [0, 0.05) is 11.4 Å². The van der Waals surface area contributed by atoms with Crippen molar-refractivity contribution in [2.24, 2.45) is 0 Å². The third-order valence-corrected chi connectivity index (χ3v) is 6.87. The zero-order valence-electron chi connectivity index (χ0n) is 18.9. The molecule has 4 rings (SSSR count). The Kier molecular flexibility index (Phi) is 7.35. The number of nitrogens with one attached hydrogen (secondary N) is 1. The van der Waals surface area contributed by atoms with Gasteiger partial charge in [0.15, 0.2) is 0 Å². The Bertz CT molecular complexity index is 1100. The average molecular weight is 461 g/mol. The molecule has 0 aromatic heterocycles. The molecule has 0 unspecified atom stereocenters. The first-order valence-electron chi connectivity index (χ1n) is 11.2. The molecule has 2 amide bonds. The molecule has 170 valence electrons. The Morgan fingerprint density at radius 2 is 1.82 bits per heavy atom. The Hall–Kier alpha value is -3.25. The van der Waals surface area contributed by atoms with Gasteiger partial charge in [-0.2, -0.15) is 0 Å². The lowest BCUT2D eigenvalue weighted by Gasteiger charge is -2.25. The predicted molar refractivity (Wildman–Crippen MR) is 135 cm³/mol. The van der Waals surface area contributed by atoms with Crippen molar-refractivity contribution in [2.75, 3.05) is 22.6 Å². The molecular formula is C27H28N2O3S. The molecule has 1 saturated heterocycles. The van der Waals surface area contributed by atoms with Crippen LogP contribution in [-0.2, 0) is 9.59 Å². The van der Waals surface area contributed by atoms with Gasteiger partial charge in [-0.05, 0) is 60.9 Å². The van der Waals surface area contributed by atoms with Crippen LogP contribution in [0.5, 0.6) is 5.75 Å². The summed E-state index contributed by atoms with van der Waals surface area (Å²) in [5.74, 6) is 1.03. The third-order valence-electron chi connectivity index (χ3n) is 5.66. The largest absolute Gasteiger partial charge is 0.494 e. The van der Waals surface area contributed by atoms with E-state index < -0.39 is 0 Å². The lowest BCUT2D eigenvalue weighted by atomic mass is 9.95. The molecule has 0 spiro atoms. The zero-order valence-corrected chi connectivity index (χ0v) is 19.7. The first-order chi connectivity index (χ1) is 16.1. The molecular weight excluding hydrogens is 432 g/mol. The van der Waals surface area contributed by atoms with E-state index in [9.17, 15) is 9.59 Å². The monoisotopic (exact) mass is 460 g/mol. The number of hydrogen-bond acceptors (Lipinski definition) is 4.